The smallest absolute Gasteiger partial charge is 0.228 e. The second kappa shape index (κ2) is 4.13. The van der Waals surface area contributed by atoms with Crippen LogP contribution in [0, 0.1) is 6.92 Å². The predicted molar refractivity (Wildman–Crippen MR) is 66.6 cm³/mol. The van der Waals surface area contributed by atoms with E-state index in [0.717, 1.165) is 12.5 Å². The maximum Gasteiger partial charge on any atom is 0.228 e. The van der Waals surface area contributed by atoms with Gasteiger partial charge in [0.1, 0.15) is 0 Å². The largest absolute Gasteiger partial charge is 0.368 e. The topological polar surface area (TPSA) is 60.0 Å². The van der Waals surface area contributed by atoms with Gasteiger partial charge in [0.2, 0.25) is 11.9 Å². The normalized spacial score (nSPS) is 10.7. The number of rotatable bonds is 3. The van der Waals surface area contributed by atoms with Gasteiger partial charge in [0.15, 0.2) is 0 Å². The second-order valence-corrected chi connectivity index (χ2v) is 5.16. The lowest BCUT2D eigenvalue weighted by Crippen LogP contribution is -2.19. The maximum atomic E-state index is 5.64. The zero-order valence-corrected chi connectivity index (χ0v) is 10.5. The molecule has 2 heterocycles. The number of hydrogen-bond acceptors (Lipinski definition) is 5. The van der Waals surface area contributed by atoms with Crippen molar-refractivity contribution < 1.29 is 0 Å². The van der Waals surface area contributed by atoms with Crippen molar-refractivity contribution in [1.29, 1.82) is 0 Å². The van der Waals surface area contributed by atoms with Gasteiger partial charge < -0.3 is 10.6 Å². The molecule has 2 aromatic heterocycles. The van der Waals surface area contributed by atoms with Crippen LogP contribution in [0.1, 0.15) is 9.75 Å². The van der Waals surface area contributed by atoms with E-state index in [1.54, 1.807) is 15.9 Å². The fourth-order valence-corrected chi connectivity index (χ4v) is 2.48. The Morgan fingerprint density at radius 3 is 2.69 bits per heavy atom. The first kappa shape index (κ1) is 10.9. The van der Waals surface area contributed by atoms with Gasteiger partial charge in [-0.2, -0.15) is 0 Å². The molecule has 0 aliphatic heterocycles. The number of aryl methyl sites for hydroxylation is 1. The van der Waals surface area contributed by atoms with Gasteiger partial charge in [0.25, 0.3) is 0 Å². The van der Waals surface area contributed by atoms with E-state index in [2.05, 4.69) is 29.3 Å². The summed E-state index contributed by atoms with van der Waals surface area (Å²) < 4.78 is 1.78. The molecule has 2 rings (SSSR count). The van der Waals surface area contributed by atoms with Crippen molar-refractivity contribution in [3.63, 3.8) is 0 Å². The molecule has 0 aromatic carbocycles. The lowest BCUT2D eigenvalue weighted by molar-refractivity contribution is 0.816. The van der Waals surface area contributed by atoms with Gasteiger partial charge in [-0.25, -0.2) is 0 Å². The van der Waals surface area contributed by atoms with Crippen LogP contribution in [0.15, 0.2) is 12.1 Å². The van der Waals surface area contributed by atoms with Crippen molar-refractivity contribution in [2.75, 3.05) is 17.7 Å². The first-order valence-electron chi connectivity index (χ1n) is 4.99. The number of nitrogen functional groups attached to an aromatic ring is 1. The van der Waals surface area contributed by atoms with Crippen molar-refractivity contribution in [2.24, 2.45) is 7.05 Å². The quantitative estimate of drug-likeness (QED) is 0.876. The highest BCUT2D eigenvalue weighted by atomic mass is 32.1. The molecular weight excluding hydrogens is 222 g/mol. The van der Waals surface area contributed by atoms with Crippen LogP contribution in [0.3, 0.4) is 0 Å². The molecule has 0 amide bonds. The Labute approximate surface area is 98.5 Å². The lowest BCUT2D eigenvalue weighted by atomic mass is 10.4. The number of aromatic nitrogens is 3. The summed E-state index contributed by atoms with van der Waals surface area (Å²) in [6.45, 7) is 2.93. The Hall–Kier alpha value is -1.56. The molecule has 86 valence electrons. The van der Waals surface area contributed by atoms with Crippen LogP contribution >= 0.6 is 11.3 Å². The molecule has 0 atom stereocenters. The van der Waals surface area contributed by atoms with Crippen LogP contribution < -0.4 is 10.6 Å². The van der Waals surface area contributed by atoms with E-state index in [1.165, 1.54) is 9.75 Å². The van der Waals surface area contributed by atoms with E-state index in [-0.39, 0.29) is 0 Å². The lowest BCUT2D eigenvalue weighted by Gasteiger charge is -2.16. The van der Waals surface area contributed by atoms with Crippen molar-refractivity contribution in [3.05, 3.63) is 21.9 Å². The number of nitrogens with zero attached hydrogens (tertiary/aromatic N) is 4. The predicted octanol–water partition coefficient (Wildman–Crippen LogP) is 1.40. The van der Waals surface area contributed by atoms with E-state index in [1.807, 2.05) is 19.0 Å². The summed E-state index contributed by atoms with van der Waals surface area (Å²) in [4.78, 5) is 4.66. The summed E-state index contributed by atoms with van der Waals surface area (Å²) in [5.74, 6) is 1.22. The van der Waals surface area contributed by atoms with E-state index >= 15 is 0 Å². The van der Waals surface area contributed by atoms with Crippen LogP contribution in [-0.2, 0) is 13.6 Å². The van der Waals surface area contributed by atoms with Crippen LogP contribution in [0.25, 0.3) is 0 Å². The van der Waals surface area contributed by atoms with Crippen LogP contribution in [-0.4, -0.2) is 21.8 Å². The zero-order chi connectivity index (χ0) is 11.7. The van der Waals surface area contributed by atoms with Crippen LogP contribution in [0.5, 0.6) is 0 Å². The Balaban J connectivity index is 2.14. The van der Waals surface area contributed by atoms with Gasteiger partial charge >= 0.3 is 0 Å². The molecule has 0 saturated heterocycles. The summed E-state index contributed by atoms with van der Waals surface area (Å²) in [6.07, 6.45) is 0. The molecule has 0 unspecified atom stereocenters. The minimum Gasteiger partial charge on any atom is -0.368 e. The zero-order valence-electron chi connectivity index (χ0n) is 9.64. The van der Waals surface area contributed by atoms with Crippen LogP contribution in [0.2, 0.25) is 0 Å². The molecule has 0 bridgehead atoms. The number of anilines is 2. The average molecular weight is 237 g/mol. The molecule has 0 saturated carbocycles. The highest BCUT2D eigenvalue weighted by Gasteiger charge is 2.11. The Kier molecular flexibility index (Phi) is 2.82. The highest BCUT2D eigenvalue weighted by molar-refractivity contribution is 7.11. The Morgan fingerprint density at radius 1 is 1.44 bits per heavy atom. The summed E-state index contributed by atoms with van der Waals surface area (Å²) in [6, 6.07) is 4.26. The Morgan fingerprint density at radius 2 is 2.19 bits per heavy atom. The molecule has 2 aromatic rings. The molecule has 2 N–H and O–H groups in total. The summed E-state index contributed by atoms with van der Waals surface area (Å²) in [5, 5.41) is 7.87. The van der Waals surface area contributed by atoms with Crippen molar-refractivity contribution in [1.82, 2.24) is 14.8 Å². The van der Waals surface area contributed by atoms with E-state index in [0.29, 0.717) is 5.95 Å². The van der Waals surface area contributed by atoms with Gasteiger partial charge in [-0.1, -0.05) is 0 Å². The van der Waals surface area contributed by atoms with E-state index < -0.39 is 0 Å². The minimum atomic E-state index is 0.434. The van der Waals surface area contributed by atoms with Gasteiger partial charge in [-0.05, 0) is 19.1 Å². The molecular formula is C10H15N5S. The average Bonchev–Trinajstić information content (AvgIpc) is 2.76. The van der Waals surface area contributed by atoms with Gasteiger partial charge in [-0.15, -0.1) is 21.5 Å². The number of nitrogens with two attached hydrogens (primary N) is 1. The molecule has 0 radical (unpaired) electrons. The maximum absolute atomic E-state index is 5.64. The number of thiophene rings is 1. The third-order valence-electron chi connectivity index (χ3n) is 2.42. The monoisotopic (exact) mass is 237 g/mol. The third-order valence-corrected chi connectivity index (χ3v) is 3.40. The van der Waals surface area contributed by atoms with Crippen molar-refractivity contribution in [2.45, 2.75) is 13.5 Å². The summed E-state index contributed by atoms with van der Waals surface area (Å²) in [5.41, 5.74) is 5.64. The fraction of sp³-hybridized carbons (Fsp3) is 0.400. The summed E-state index contributed by atoms with van der Waals surface area (Å²) in [7, 11) is 3.85. The second-order valence-electron chi connectivity index (χ2n) is 3.79. The molecule has 16 heavy (non-hydrogen) atoms. The molecule has 0 aliphatic carbocycles. The van der Waals surface area contributed by atoms with E-state index in [9.17, 15) is 0 Å². The van der Waals surface area contributed by atoms with Gasteiger partial charge in [-0.3, -0.25) is 4.57 Å². The molecule has 6 heteroatoms. The third kappa shape index (κ3) is 2.01. The molecule has 0 aliphatic rings. The highest BCUT2D eigenvalue weighted by Crippen LogP contribution is 2.19. The van der Waals surface area contributed by atoms with Gasteiger partial charge in [0, 0.05) is 23.8 Å². The molecule has 5 nitrogen and oxygen atoms in total. The molecule has 0 fully saturated rings. The first-order chi connectivity index (χ1) is 7.58. The molecule has 0 spiro atoms. The first-order valence-corrected chi connectivity index (χ1v) is 5.81. The SMILES string of the molecule is Cc1ccc(CN(C)c2nnc(N)n2C)s1. The summed E-state index contributed by atoms with van der Waals surface area (Å²) >= 11 is 1.79. The number of hydrogen-bond donors (Lipinski definition) is 1. The van der Waals surface area contributed by atoms with Crippen LogP contribution in [0.4, 0.5) is 11.9 Å². The van der Waals surface area contributed by atoms with E-state index in [4.69, 9.17) is 5.73 Å². The standard InChI is InChI=1S/C10H15N5S/c1-7-4-5-8(16-7)6-14(2)10-13-12-9(11)15(10)3/h4-5H,6H2,1-3H3,(H2,11,12). The Bertz CT molecular complexity index is 487. The fourth-order valence-electron chi connectivity index (χ4n) is 1.54. The van der Waals surface area contributed by atoms with Crippen molar-refractivity contribution in [3.8, 4) is 0 Å². The van der Waals surface area contributed by atoms with Gasteiger partial charge in [0.05, 0.1) is 6.54 Å². The van der Waals surface area contributed by atoms with Crippen molar-refractivity contribution >= 4 is 23.2 Å². The minimum absolute atomic E-state index is 0.434.